The van der Waals surface area contributed by atoms with Gasteiger partial charge in [0.05, 0.1) is 14.0 Å². The number of rotatable bonds is 7. The molecule has 0 aromatic heterocycles. The fourth-order valence-corrected chi connectivity index (χ4v) is 4.97. The summed E-state index contributed by atoms with van der Waals surface area (Å²) in [6.45, 7) is -0.0597. The number of hydrogen-bond acceptors (Lipinski definition) is 3. The van der Waals surface area contributed by atoms with Crippen LogP contribution in [0.15, 0.2) is 50.4 Å². The lowest BCUT2D eigenvalue weighted by molar-refractivity contribution is -0.133. The maximum atomic E-state index is 13.9. The van der Waals surface area contributed by atoms with Crippen LogP contribution in [0.4, 0.5) is 4.39 Å². The van der Waals surface area contributed by atoms with Gasteiger partial charge in [0.15, 0.2) is 5.78 Å². The first-order chi connectivity index (χ1) is 13.8. The SMILES string of the molecule is O=C(O)C1=C(C(=O)Cc2cc(Br)c(OCc3c(F)cccc3Cl)c(Br)c2)CCC1. The lowest BCUT2D eigenvalue weighted by atomic mass is 10.00. The van der Waals surface area contributed by atoms with Crippen molar-refractivity contribution in [2.45, 2.75) is 32.3 Å². The molecule has 4 nitrogen and oxygen atoms in total. The number of carboxylic acids is 1. The Morgan fingerprint density at radius 3 is 2.41 bits per heavy atom. The highest BCUT2D eigenvalue weighted by Gasteiger charge is 2.25. The molecular formula is C21H16Br2ClFO4. The standard InChI is InChI=1S/C21H16Br2ClFO4/c22-15-7-11(9-19(26)12-3-1-4-13(12)21(27)28)8-16(23)20(15)29-10-14-17(24)5-2-6-18(14)25/h2,5-8H,1,3-4,9-10H2,(H,27,28). The number of carboxylic acid groups (broad SMARTS) is 1. The Labute approximate surface area is 189 Å². The molecule has 0 atom stereocenters. The van der Waals surface area contributed by atoms with Gasteiger partial charge in [-0.05, 0) is 81.0 Å². The summed E-state index contributed by atoms with van der Waals surface area (Å²) < 4.78 is 20.8. The van der Waals surface area contributed by atoms with E-state index >= 15 is 0 Å². The predicted octanol–water partition coefficient (Wildman–Crippen LogP) is 6.26. The van der Waals surface area contributed by atoms with Gasteiger partial charge in [0.2, 0.25) is 0 Å². The molecule has 0 bridgehead atoms. The molecule has 1 N–H and O–H groups in total. The fraction of sp³-hybridized carbons (Fsp3) is 0.238. The van der Waals surface area contributed by atoms with Crippen molar-refractivity contribution in [3.05, 3.63) is 72.4 Å². The molecule has 0 saturated carbocycles. The lowest BCUT2D eigenvalue weighted by Crippen LogP contribution is -2.10. The van der Waals surface area contributed by atoms with E-state index in [0.717, 1.165) is 0 Å². The molecule has 1 aliphatic carbocycles. The van der Waals surface area contributed by atoms with Crippen molar-refractivity contribution >= 4 is 55.2 Å². The number of hydrogen-bond donors (Lipinski definition) is 1. The van der Waals surface area contributed by atoms with E-state index in [4.69, 9.17) is 16.3 Å². The molecule has 3 rings (SSSR count). The summed E-state index contributed by atoms with van der Waals surface area (Å²) in [5.41, 5.74) is 1.57. The minimum Gasteiger partial charge on any atom is -0.486 e. The number of carbonyl (C=O) groups excluding carboxylic acids is 1. The van der Waals surface area contributed by atoms with Crippen LogP contribution in [0.25, 0.3) is 0 Å². The molecule has 2 aromatic rings. The Bertz CT molecular complexity index is 976. The number of Topliss-reactive ketones (excluding diaryl/α,β-unsaturated/α-hetero) is 1. The highest BCUT2D eigenvalue weighted by Crippen LogP contribution is 2.37. The second-order valence-corrected chi connectivity index (χ2v) is 8.71. The number of allylic oxidation sites excluding steroid dienone is 1. The van der Waals surface area contributed by atoms with E-state index in [9.17, 15) is 19.1 Å². The topological polar surface area (TPSA) is 63.6 Å². The van der Waals surface area contributed by atoms with Crippen molar-refractivity contribution in [1.29, 1.82) is 0 Å². The molecular weight excluding hydrogens is 530 g/mol. The molecule has 0 aliphatic heterocycles. The summed E-state index contributed by atoms with van der Waals surface area (Å²) in [6.07, 6.45) is 1.69. The molecule has 29 heavy (non-hydrogen) atoms. The minimum absolute atomic E-state index is 0.0597. The van der Waals surface area contributed by atoms with Crippen molar-refractivity contribution in [3.8, 4) is 5.75 Å². The minimum atomic E-state index is -1.02. The highest BCUT2D eigenvalue weighted by molar-refractivity contribution is 9.11. The molecule has 152 valence electrons. The van der Waals surface area contributed by atoms with Gasteiger partial charge in [0, 0.05) is 23.1 Å². The van der Waals surface area contributed by atoms with Crippen LogP contribution in [0.3, 0.4) is 0 Å². The second kappa shape index (κ2) is 9.41. The summed E-state index contributed by atoms with van der Waals surface area (Å²) in [5.74, 6) is -1.22. The lowest BCUT2D eigenvalue weighted by Gasteiger charge is -2.14. The summed E-state index contributed by atoms with van der Waals surface area (Å²) in [6, 6.07) is 7.89. The van der Waals surface area contributed by atoms with E-state index in [1.54, 1.807) is 18.2 Å². The zero-order valence-electron chi connectivity index (χ0n) is 15.1. The third-order valence-electron chi connectivity index (χ3n) is 4.66. The van der Waals surface area contributed by atoms with Crippen molar-refractivity contribution in [3.63, 3.8) is 0 Å². The molecule has 2 aromatic carbocycles. The van der Waals surface area contributed by atoms with E-state index in [2.05, 4.69) is 31.9 Å². The maximum Gasteiger partial charge on any atom is 0.331 e. The Morgan fingerprint density at radius 1 is 1.14 bits per heavy atom. The number of halogens is 4. The van der Waals surface area contributed by atoms with Gasteiger partial charge < -0.3 is 9.84 Å². The van der Waals surface area contributed by atoms with Crippen LogP contribution in [0, 0.1) is 5.82 Å². The van der Waals surface area contributed by atoms with Gasteiger partial charge in [-0.3, -0.25) is 4.79 Å². The van der Waals surface area contributed by atoms with Crippen LogP contribution in [0.2, 0.25) is 5.02 Å². The van der Waals surface area contributed by atoms with Crippen LogP contribution in [-0.4, -0.2) is 16.9 Å². The van der Waals surface area contributed by atoms with Gasteiger partial charge in [-0.15, -0.1) is 0 Å². The van der Waals surface area contributed by atoms with Gasteiger partial charge in [0.25, 0.3) is 0 Å². The van der Waals surface area contributed by atoms with Crippen molar-refractivity contribution in [1.82, 2.24) is 0 Å². The molecule has 0 fully saturated rings. The maximum absolute atomic E-state index is 13.9. The van der Waals surface area contributed by atoms with Crippen LogP contribution in [-0.2, 0) is 22.6 Å². The van der Waals surface area contributed by atoms with Gasteiger partial charge >= 0.3 is 5.97 Å². The van der Waals surface area contributed by atoms with Crippen LogP contribution in [0.5, 0.6) is 5.75 Å². The normalized spacial score (nSPS) is 13.7. The zero-order chi connectivity index (χ0) is 21.1. The Balaban J connectivity index is 1.77. The molecule has 0 amide bonds. The van der Waals surface area contributed by atoms with E-state index in [1.807, 2.05) is 0 Å². The van der Waals surface area contributed by atoms with Crippen molar-refractivity contribution < 1.29 is 23.8 Å². The molecule has 0 radical (unpaired) electrons. The molecule has 1 aliphatic rings. The van der Waals surface area contributed by atoms with Crippen LogP contribution < -0.4 is 4.74 Å². The summed E-state index contributed by atoms with van der Waals surface area (Å²) in [4.78, 5) is 23.9. The van der Waals surface area contributed by atoms with E-state index in [1.165, 1.54) is 12.1 Å². The number of aliphatic carboxylic acids is 1. The third-order valence-corrected chi connectivity index (χ3v) is 6.19. The van der Waals surface area contributed by atoms with E-state index in [-0.39, 0.29) is 35.0 Å². The van der Waals surface area contributed by atoms with Crippen molar-refractivity contribution in [2.24, 2.45) is 0 Å². The summed E-state index contributed by atoms with van der Waals surface area (Å²) >= 11 is 12.9. The Hall–Kier alpha value is -1.70. The zero-order valence-corrected chi connectivity index (χ0v) is 19.0. The van der Waals surface area contributed by atoms with Gasteiger partial charge in [-0.25, -0.2) is 9.18 Å². The van der Waals surface area contributed by atoms with E-state index in [0.29, 0.717) is 45.1 Å². The number of carbonyl (C=O) groups is 2. The van der Waals surface area contributed by atoms with Crippen LogP contribution in [0.1, 0.15) is 30.4 Å². The largest absolute Gasteiger partial charge is 0.486 e. The van der Waals surface area contributed by atoms with Crippen LogP contribution >= 0.6 is 43.5 Å². The first kappa shape index (κ1) is 22.0. The van der Waals surface area contributed by atoms with Crippen molar-refractivity contribution in [2.75, 3.05) is 0 Å². The molecule has 0 spiro atoms. The number of ketones is 1. The molecule has 0 saturated heterocycles. The third kappa shape index (κ3) is 5.08. The second-order valence-electron chi connectivity index (χ2n) is 6.59. The number of ether oxygens (including phenoxy) is 1. The fourth-order valence-electron chi connectivity index (χ4n) is 3.25. The summed E-state index contributed by atoms with van der Waals surface area (Å²) in [7, 11) is 0. The first-order valence-electron chi connectivity index (χ1n) is 8.80. The van der Waals surface area contributed by atoms with Gasteiger partial charge in [0.1, 0.15) is 18.2 Å². The number of benzene rings is 2. The van der Waals surface area contributed by atoms with E-state index < -0.39 is 11.8 Å². The Morgan fingerprint density at radius 2 is 1.79 bits per heavy atom. The molecule has 0 unspecified atom stereocenters. The summed E-state index contributed by atoms with van der Waals surface area (Å²) in [5, 5.41) is 9.51. The smallest absolute Gasteiger partial charge is 0.331 e. The highest BCUT2D eigenvalue weighted by atomic mass is 79.9. The monoisotopic (exact) mass is 544 g/mol. The predicted molar refractivity (Wildman–Crippen MR) is 115 cm³/mol. The van der Waals surface area contributed by atoms with Gasteiger partial charge in [-0.1, -0.05) is 17.7 Å². The first-order valence-corrected chi connectivity index (χ1v) is 10.8. The van der Waals surface area contributed by atoms with Gasteiger partial charge in [-0.2, -0.15) is 0 Å². The quantitative estimate of drug-likeness (QED) is 0.445. The Kier molecular flexibility index (Phi) is 7.14. The average molecular weight is 547 g/mol. The molecule has 8 heteroatoms. The average Bonchev–Trinajstić information content (AvgIpc) is 3.13. The molecule has 0 heterocycles.